The third-order valence-corrected chi connectivity index (χ3v) is 4.30. The van der Waals surface area contributed by atoms with Crippen LogP contribution in [-0.4, -0.2) is 36.5 Å². The van der Waals surface area contributed by atoms with Gasteiger partial charge in [-0.25, -0.2) is 0 Å². The number of para-hydroxylation sites is 1. The summed E-state index contributed by atoms with van der Waals surface area (Å²) in [6.07, 6.45) is 4.66. The second-order valence-corrected chi connectivity index (χ2v) is 6.17. The molecular formula is C16H21ClN2O2. The Labute approximate surface area is 130 Å². The molecule has 0 bridgehead atoms. The topological polar surface area (TPSA) is 41.6 Å². The highest BCUT2D eigenvalue weighted by Gasteiger charge is 2.22. The Morgan fingerprint density at radius 2 is 2.10 bits per heavy atom. The Morgan fingerprint density at radius 1 is 1.33 bits per heavy atom. The molecule has 3 rings (SSSR count). The van der Waals surface area contributed by atoms with E-state index in [0.29, 0.717) is 16.8 Å². The predicted molar refractivity (Wildman–Crippen MR) is 82.6 cm³/mol. The lowest BCUT2D eigenvalue weighted by atomic mass is 10.2. The fraction of sp³-hybridized carbons (Fsp3) is 0.562. The summed E-state index contributed by atoms with van der Waals surface area (Å²) in [4.78, 5) is 13.9. The molecule has 1 aromatic carbocycles. The normalized spacial score (nSPS) is 18.0. The summed E-state index contributed by atoms with van der Waals surface area (Å²) in [5, 5.41) is 4.02. The molecule has 2 aliphatic rings. The van der Waals surface area contributed by atoms with Gasteiger partial charge in [-0.1, -0.05) is 23.7 Å². The van der Waals surface area contributed by atoms with E-state index >= 15 is 0 Å². The number of likely N-dealkylation sites (tertiary alicyclic amines) is 1. The largest absolute Gasteiger partial charge is 0.482 e. The number of hydrogen-bond acceptors (Lipinski definition) is 3. The zero-order valence-electron chi connectivity index (χ0n) is 12.1. The zero-order valence-corrected chi connectivity index (χ0v) is 12.9. The highest BCUT2D eigenvalue weighted by atomic mass is 35.5. The number of halogens is 1. The minimum Gasteiger partial charge on any atom is -0.482 e. The van der Waals surface area contributed by atoms with Gasteiger partial charge in [0.25, 0.3) is 5.91 Å². The van der Waals surface area contributed by atoms with Gasteiger partial charge < -0.3 is 15.0 Å². The van der Waals surface area contributed by atoms with Crippen LogP contribution in [0.4, 0.5) is 0 Å². The quantitative estimate of drug-likeness (QED) is 0.878. The van der Waals surface area contributed by atoms with Crippen molar-refractivity contribution in [3.63, 3.8) is 0 Å². The van der Waals surface area contributed by atoms with Crippen LogP contribution in [0.25, 0.3) is 0 Å². The van der Waals surface area contributed by atoms with Crippen molar-refractivity contribution in [1.29, 1.82) is 0 Å². The van der Waals surface area contributed by atoms with Gasteiger partial charge in [0.05, 0.1) is 5.02 Å². The Morgan fingerprint density at radius 3 is 2.81 bits per heavy atom. The third-order valence-electron chi connectivity index (χ3n) is 4.01. The van der Waals surface area contributed by atoms with Gasteiger partial charge in [0, 0.05) is 31.2 Å². The van der Waals surface area contributed by atoms with Crippen molar-refractivity contribution in [3.05, 3.63) is 28.8 Å². The number of hydrogen-bond donors (Lipinski definition) is 1. The first kappa shape index (κ1) is 14.7. The summed E-state index contributed by atoms with van der Waals surface area (Å²) in [6.45, 7) is 2.50. The highest BCUT2D eigenvalue weighted by molar-refractivity contribution is 6.32. The SMILES string of the molecule is O=C(COc1c(Cl)cccc1CNC1CC1)N1CCCC1. The lowest BCUT2D eigenvalue weighted by Gasteiger charge is -2.17. The molecule has 1 aliphatic carbocycles. The molecule has 114 valence electrons. The van der Waals surface area contributed by atoms with Crippen LogP contribution in [0, 0.1) is 0 Å². The van der Waals surface area contributed by atoms with Gasteiger partial charge >= 0.3 is 0 Å². The summed E-state index contributed by atoms with van der Waals surface area (Å²) < 4.78 is 5.73. The average molecular weight is 309 g/mol. The molecule has 1 saturated carbocycles. The van der Waals surface area contributed by atoms with Crippen LogP contribution in [0.1, 0.15) is 31.2 Å². The van der Waals surface area contributed by atoms with Crippen molar-refractivity contribution in [1.82, 2.24) is 10.2 Å². The molecule has 1 N–H and O–H groups in total. The number of rotatable bonds is 6. The van der Waals surface area contributed by atoms with Gasteiger partial charge in [0.2, 0.25) is 0 Å². The lowest BCUT2D eigenvalue weighted by Crippen LogP contribution is -2.32. The van der Waals surface area contributed by atoms with E-state index in [4.69, 9.17) is 16.3 Å². The maximum atomic E-state index is 12.1. The molecule has 5 heteroatoms. The number of nitrogens with zero attached hydrogens (tertiary/aromatic N) is 1. The van der Waals surface area contributed by atoms with Crippen molar-refractivity contribution in [2.24, 2.45) is 0 Å². The predicted octanol–water partition coefficient (Wildman–Crippen LogP) is 2.59. The summed E-state index contributed by atoms with van der Waals surface area (Å²) in [6, 6.07) is 6.35. The molecule has 1 heterocycles. The van der Waals surface area contributed by atoms with Crippen molar-refractivity contribution in [2.75, 3.05) is 19.7 Å². The van der Waals surface area contributed by atoms with Crippen LogP contribution in [0.3, 0.4) is 0 Å². The van der Waals surface area contributed by atoms with Crippen molar-refractivity contribution >= 4 is 17.5 Å². The molecule has 0 spiro atoms. The van der Waals surface area contributed by atoms with E-state index in [0.717, 1.165) is 38.0 Å². The van der Waals surface area contributed by atoms with Crippen molar-refractivity contribution in [3.8, 4) is 5.75 Å². The lowest BCUT2D eigenvalue weighted by molar-refractivity contribution is -0.132. The molecule has 1 aliphatic heterocycles. The van der Waals surface area contributed by atoms with E-state index < -0.39 is 0 Å². The first-order chi connectivity index (χ1) is 10.2. The van der Waals surface area contributed by atoms with Crippen molar-refractivity contribution in [2.45, 2.75) is 38.3 Å². The Kier molecular flexibility index (Phi) is 4.66. The van der Waals surface area contributed by atoms with Crippen LogP contribution < -0.4 is 10.1 Å². The molecule has 1 aromatic rings. The van der Waals surface area contributed by atoms with Crippen LogP contribution >= 0.6 is 11.6 Å². The average Bonchev–Trinajstić information content (AvgIpc) is 3.15. The van der Waals surface area contributed by atoms with Gasteiger partial charge in [-0.3, -0.25) is 4.79 Å². The van der Waals surface area contributed by atoms with E-state index in [2.05, 4.69) is 5.32 Å². The Hall–Kier alpha value is -1.26. The zero-order chi connectivity index (χ0) is 14.7. The maximum absolute atomic E-state index is 12.1. The monoisotopic (exact) mass is 308 g/mol. The second-order valence-electron chi connectivity index (χ2n) is 5.76. The fourth-order valence-electron chi connectivity index (χ4n) is 2.59. The highest BCUT2D eigenvalue weighted by Crippen LogP contribution is 2.30. The number of ether oxygens (including phenoxy) is 1. The summed E-state index contributed by atoms with van der Waals surface area (Å²) in [7, 11) is 0. The molecule has 0 radical (unpaired) electrons. The number of benzene rings is 1. The minimum absolute atomic E-state index is 0.0496. The van der Waals surface area contributed by atoms with E-state index in [1.165, 1.54) is 12.8 Å². The smallest absolute Gasteiger partial charge is 0.260 e. The van der Waals surface area contributed by atoms with E-state index in [-0.39, 0.29) is 12.5 Å². The molecule has 1 saturated heterocycles. The van der Waals surface area contributed by atoms with Gasteiger partial charge in [-0.2, -0.15) is 0 Å². The first-order valence-corrected chi connectivity index (χ1v) is 8.03. The van der Waals surface area contributed by atoms with Gasteiger partial charge in [0.15, 0.2) is 6.61 Å². The molecule has 2 fully saturated rings. The molecule has 0 atom stereocenters. The maximum Gasteiger partial charge on any atom is 0.260 e. The van der Waals surface area contributed by atoms with Crippen LogP contribution in [0.2, 0.25) is 5.02 Å². The number of carbonyl (C=O) groups excluding carboxylic acids is 1. The van der Waals surface area contributed by atoms with E-state index in [9.17, 15) is 4.79 Å². The van der Waals surface area contributed by atoms with Crippen molar-refractivity contribution < 1.29 is 9.53 Å². The summed E-state index contributed by atoms with van der Waals surface area (Å²) in [5.41, 5.74) is 1.02. The van der Waals surface area contributed by atoms with Gasteiger partial charge in [-0.05, 0) is 31.7 Å². The van der Waals surface area contributed by atoms with Crippen LogP contribution in [-0.2, 0) is 11.3 Å². The van der Waals surface area contributed by atoms with E-state index in [1.807, 2.05) is 17.0 Å². The third kappa shape index (κ3) is 3.89. The number of amides is 1. The molecular weight excluding hydrogens is 288 g/mol. The fourth-order valence-corrected chi connectivity index (χ4v) is 2.84. The standard InChI is InChI=1S/C16H21ClN2O2/c17-14-5-3-4-12(10-18-13-6-7-13)16(14)21-11-15(20)19-8-1-2-9-19/h3-5,13,18H,1-2,6-11H2. The van der Waals surface area contributed by atoms with Crippen LogP contribution in [0.5, 0.6) is 5.75 Å². The first-order valence-electron chi connectivity index (χ1n) is 7.65. The Bertz CT molecular complexity index is 511. The second kappa shape index (κ2) is 6.67. The van der Waals surface area contributed by atoms with E-state index in [1.54, 1.807) is 6.07 Å². The van der Waals surface area contributed by atoms with Gasteiger partial charge in [-0.15, -0.1) is 0 Å². The van der Waals surface area contributed by atoms with Crippen LogP contribution in [0.15, 0.2) is 18.2 Å². The Balaban J connectivity index is 1.60. The molecule has 0 aromatic heterocycles. The number of carbonyl (C=O) groups is 1. The summed E-state index contributed by atoms with van der Waals surface area (Å²) >= 11 is 6.23. The molecule has 0 unspecified atom stereocenters. The minimum atomic E-state index is 0.0496. The molecule has 1 amide bonds. The molecule has 4 nitrogen and oxygen atoms in total. The number of nitrogens with one attached hydrogen (secondary N) is 1. The summed E-state index contributed by atoms with van der Waals surface area (Å²) in [5.74, 6) is 0.688. The molecule has 21 heavy (non-hydrogen) atoms. The van der Waals surface area contributed by atoms with Gasteiger partial charge in [0.1, 0.15) is 5.75 Å².